The predicted molar refractivity (Wildman–Crippen MR) is 267 cm³/mol. The second-order valence-corrected chi connectivity index (χ2v) is 20.6. The van der Waals surface area contributed by atoms with Crippen molar-refractivity contribution in [3.05, 3.63) is 135 Å². The molecule has 0 saturated carbocycles. The summed E-state index contributed by atoms with van der Waals surface area (Å²) in [5, 5.41) is 16.0. The van der Waals surface area contributed by atoms with Gasteiger partial charge in [0.05, 0.1) is 15.4 Å². The number of carbonyl (C=O) groups excluding carboxylic acids is 2. The zero-order valence-corrected chi connectivity index (χ0v) is 40.6. The Morgan fingerprint density at radius 1 is 0.812 bits per heavy atom. The number of ether oxygens (including phenoxy) is 3. The van der Waals surface area contributed by atoms with Gasteiger partial charge in [0.25, 0.3) is 21.6 Å². The number of nitro groups is 1. The van der Waals surface area contributed by atoms with Crippen LogP contribution in [0.5, 0.6) is 11.5 Å². The Balaban J connectivity index is 1.01. The highest BCUT2D eigenvalue weighted by atomic mass is 35.5. The van der Waals surface area contributed by atoms with Gasteiger partial charge in [0.1, 0.15) is 22.8 Å². The average molecular weight is 981 g/mol. The third kappa shape index (κ3) is 12.6. The van der Waals surface area contributed by atoms with E-state index in [1.165, 1.54) is 23.8 Å². The minimum atomic E-state index is -4.60. The van der Waals surface area contributed by atoms with Gasteiger partial charge >= 0.3 is 6.09 Å². The summed E-state index contributed by atoms with van der Waals surface area (Å²) < 4.78 is 47.3. The van der Waals surface area contributed by atoms with Gasteiger partial charge in [-0.15, -0.1) is 0 Å². The summed E-state index contributed by atoms with van der Waals surface area (Å²) >= 11 is 6.18. The molecule has 69 heavy (non-hydrogen) atoms. The summed E-state index contributed by atoms with van der Waals surface area (Å²) in [6.07, 6.45) is 1.26. The van der Waals surface area contributed by atoms with Crippen molar-refractivity contribution < 1.29 is 37.1 Å². The first kappa shape index (κ1) is 49.0. The van der Waals surface area contributed by atoms with Crippen LogP contribution < -0.4 is 24.6 Å². The fraction of sp³-hybridized carbons (Fsp3) is 0.373. The fourth-order valence-electron chi connectivity index (χ4n) is 8.72. The van der Waals surface area contributed by atoms with Gasteiger partial charge in [0.15, 0.2) is 0 Å². The summed E-state index contributed by atoms with van der Waals surface area (Å²) in [6, 6.07) is 32.1. The topological polar surface area (TPSA) is 176 Å². The molecule has 18 heteroatoms. The number of rotatable bonds is 14. The number of anilines is 3. The highest BCUT2D eigenvalue weighted by molar-refractivity contribution is 7.90. The van der Waals surface area contributed by atoms with Crippen LogP contribution in [-0.4, -0.2) is 113 Å². The molecule has 3 heterocycles. The number of hydrogen-bond acceptors (Lipinski definition) is 13. The highest BCUT2D eigenvalue weighted by Crippen LogP contribution is 2.35. The molecule has 8 rings (SSSR count). The number of halogens is 1. The van der Waals surface area contributed by atoms with Crippen LogP contribution in [0.2, 0.25) is 5.02 Å². The minimum absolute atomic E-state index is 0.0552. The van der Waals surface area contributed by atoms with Gasteiger partial charge in [-0.05, 0) is 105 Å². The van der Waals surface area contributed by atoms with Crippen LogP contribution in [0.25, 0.3) is 11.1 Å². The lowest BCUT2D eigenvalue weighted by atomic mass is 9.99. The Kier molecular flexibility index (Phi) is 15.3. The number of hydrogen-bond donors (Lipinski definition) is 2. The second-order valence-electron chi connectivity index (χ2n) is 18.5. The molecule has 3 fully saturated rings. The molecule has 0 radical (unpaired) electrons. The molecule has 3 aliphatic heterocycles. The van der Waals surface area contributed by atoms with Crippen molar-refractivity contribution in [2.45, 2.75) is 50.7 Å². The van der Waals surface area contributed by atoms with Crippen molar-refractivity contribution in [1.82, 2.24) is 14.5 Å². The van der Waals surface area contributed by atoms with E-state index in [4.69, 9.17) is 25.8 Å². The van der Waals surface area contributed by atoms with E-state index in [1.54, 1.807) is 23.1 Å². The molecule has 0 unspecified atom stereocenters. The van der Waals surface area contributed by atoms with Gasteiger partial charge in [0, 0.05) is 113 Å². The van der Waals surface area contributed by atoms with Crippen LogP contribution in [-0.2, 0) is 26.0 Å². The Morgan fingerprint density at radius 3 is 2.19 bits per heavy atom. The Morgan fingerprint density at radius 2 is 1.49 bits per heavy atom. The van der Waals surface area contributed by atoms with Crippen molar-refractivity contribution in [3.8, 4) is 22.6 Å². The fourth-order valence-corrected chi connectivity index (χ4v) is 9.83. The molecular formula is C51H58ClN7O9S. The standard InChI is InChI=1S/C51H58ClN7O9S/c1-51(2,3)68-50(61)58-27-25-57(26-28-58)40-8-6-9-42(31-40)67-48-32-41(56-23-21-55(22-24-56)35-38-7-4-5-10-44(38)37-11-13-39(52)14-12-37)15-17-45(48)49(60)54-69(64,65)43-16-18-46(47(33-43)59(62)63)53-34-36-19-29-66-30-20-36/h4-18,31-33,36,53H,19-30,34-35H2,1-3H3,(H,54,60). The maximum Gasteiger partial charge on any atom is 0.410 e. The first-order chi connectivity index (χ1) is 33.1. The van der Waals surface area contributed by atoms with E-state index in [0.29, 0.717) is 69.8 Å². The van der Waals surface area contributed by atoms with Gasteiger partial charge in [-0.1, -0.05) is 54.1 Å². The van der Waals surface area contributed by atoms with Gasteiger partial charge in [0.2, 0.25) is 0 Å². The first-order valence-electron chi connectivity index (χ1n) is 23.2. The number of amides is 2. The molecule has 364 valence electrons. The largest absolute Gasteiger partial charge is 0.456 e. The van der Waals surface area contributed by atoms with Crippen LogP contribution in [0, 0.1) is 16.0 Å². The summed E-state index contributed by atoms with van der Waals surface area (Å²) in [4.78, 5) is 46.4. The van der Waals surface area contributed by atoms with Crippen molar-refractivity contribution in [3.63, 3.8) is 0 Å². The summed E-state index contributed by atoms with van der Waals surface area (Å²) in [5.74, 6) is -0.198. The average Bonchev–Trinajstić information content (AvgIpc) is 3.34. The van der Waals surface area contributed by atoms with E-state index >= 15 is 0 Å². The number of sulfonamides is 1. The van der Waals surface area contributed by atoms with Crippen LogP contribution in [0.1, 0.15) is 49.5 Å². The van der Waals surface area contributed by atoms with Gasteiger partial charge in [-0.2, -0.15) is 0 Å². The third-order valence-electron chi connectivity index (χ3n) is 12.5. The van der Waals surface area contributed by atoms with E-state index in [2.05, 4.69) is 36.9 Å². The molecule has 5 aromatic rings. The van der Waals surface area contributed by atoms with Gasteiger partial charge in [-0.25, -0.2) is 17.9 Å². The smallest absolute Gasteiger partial charge is 0.410 e. The lowest BCUT2D eigenvalue weighted by Crippen LogP contribution is -2.50. The number of piperazine rings is 2. The number of nitro benzene ring substituents is 1. The molecular weight excluding hydrogens is 922 g/mol. The molecule has 2 amide bonds. The number of nitrogens with zero attached hydrogens (tertiary/aromatic N) is 5. The van der Waals surface area contributed by atoms with E-state index in [0.717, 1.165) is 61.0 Å². The molecule has 0 spiro atoms. The van der Waals surface area contributed by atoms with Crippen molar-refractivity contribution in [2.24, 2.45) is 5.92 Å². The van der Waals surface area contributed by atoms with Crippen molar-refractivity contribution in [2.75, 3.05) is 87.2 Å². The minimum Gasteiger partial charge on any atom is -0.456 e. The quantitative estimate of drug-likeness (QED) is 0.0797. The molecule has 0 atom stereocenters. The van der Waals surface area contributed by atoms with Crippen molar-refractivity contribution >= 4 is 56.4 Å². The Bertz CT molecular complexity index is 2750. The lowest BCUT2D eigenvalue weighted by Gasteiger charge is -2.37. The van der Waals surface area contributed by atoms with E-state index in [1.807, 2.05) is 75.4 Å². The van der Waals surface area contributed by atoms with Gasteiger partial charge in [-0.3, -0.25) is 19.8 Å². The summed E-state index contributed by atoms with van der Waals surface area (Å²) in [6.45, 7) is 12.8. The van der Waals surface area contributed by atoms with Crippen LogP contribution >= 0.6 is 11.6 Å². The normalized spacial score (nSPS) is 16.2. The molecule has 0 aliphatic carbocycles. The van der Waals surface area contributed by atoms with E-state index < -0.39 is 37.0 Å². The number of benzene rings is 5. The molecule has 5 aromatic carbocycles. The lowest BCUT2D eigenvalue weighted by molar-refractivity contribution is -0.384. The van der Waals surface area contributed by atoms with Crippen LogP contribution in [0.3, 0.4) is 0 Å². The third-order valence-corrected chi connectivity index (χ3v) is 14.1. The predicted octanol–water partition coefficient (Wildman–Crippen LogP) is 9.04. The van der Waals surface area contributed by atoms with E-state index in [-0.39, 0.29) is 29.0 Å². The van der Waals surface area contributed by atoms with E-state index in [9.17, 15) is 28.1 Å². The molecule has 0 bridgehead atoms. The molecule has 16 nitrogen and oxygen atoms in total. The summed E-state index contributed by atoms with van der Waals surface area (Å²) in [7, 11) is -4.60. The van der Waals surface area contributed by atoms with Crippen LogP contribution in [0.15, 0.2) is 114 Å². The zero-order valence-electron chi connectivity index (χ0n) is 39.1. The molecule has 2 N–H and O–H groups in total. The molecule has 0 aromatic heterocycles. The SMILES string of the molecule is CC(C)(C)OC(=O)N1CCN(c2cccc(Oc3cc(N4CCN(Cc5ccccc5-c5ccc(Cl)cc5)CC4)ccc3C(=O)NS(=O)(=O)c3ccc(NCC4CCOCC4)c([N+](=O)[O-])c3)c2)CC1. The number of nitrogens with one attached hydrogen (secondary N) is 2. The molecule has 3 aliphatic rings. The maximum atomic E-state index is 14.1. The monoisotopic (exact) mass is 979 g/mol. The first-order valence-corrected chi connectivity index (χ1v) is 25.1. The summed E-state index contributed by atoms with van der Waals surface area (Å²) in [5.41, 5.74) is 4.15. The maximum absolute atomic E-state index is 14.1. The Hall–Kier alpha value is -6.40. The number of carbonyl (C=O) groups is 2. The highest BCUT2D eigenvalue weighted by Gasteiger charge is 2.29. The second kappa shape index (κ2) is 21.5. The van der Waals surface area contributed by atoms with Crippen molar-refractivity contribution in [1.29, 1.82) is 0 Å². The van der Waals surface area contributed by atoms with Gasteiger partial charge < -0.3 is 34.2 Å². The molecule has 3 saturated heterocycles. The van der Waals surface area contributed by atoms with Crippen LogP contribution in [0.4, 0.5) is 27.5 Å². The zero-order chi connectivity index (χ0) is 48.7. The Labute approximate surface area is 408 Å².